The Labute approximate surface area is 165 Å². The van der Waals surface area contributed by atoms with Crippen LogP contribution in [0.25, 0.3) is 0 Å². The summed E-state index contributed by atoms with van der Waals surface area (Å²) in [5.41, 5.74) is 0.651. The van der Waals surface area contributed by atoms with Gasteiger partial charge < -0.3 is 18.9 Å². The topological polar surface area (TPSA) is 71.1 Å². The van der Waals surface area contributed by atoms with Gasteiger partial charge in [-0.2, -0.15) is 0 Å². The molecular formula is C22H26O6. The molecular weight excluding hydrogens is 360 g/mol. The van der Waals surface area contributed by atoms with Crippen molar-refractivity contribution in [2.45, 2.75) is 13.8 Å². The minimum absolute atomic E-state index is 0.232. The van der Waals surface area contributed by atoms with Gasteiger partial charge in [0.25, 0.3) is 0 Å². The second-order valence-corrected chi connectivity index (χ2v) is 6.38. The monoisotopic (exact) mass is 386 g/mol. The van der Waals surface area contributed by atoms with Crippen molar-refractivity contribution in [1.82, 2.24) is 0 Å². The summed E-state index contributed by atoms with van der Waals surface area (Å²) < 4.78 is 21.3. The zero-order chi connectivity index (χ0) is 20.8. The van der Waals surface area contributed by atoms with Gasteiger partial charge in [0.2, 0.25) is 0 Å². The minimum Gasteiger partial charge on any atom is -0.496 e. The molecule has 0 saturated carbocycles. The Hall–Kier alpha value is -3.02. The van der Waals surface area contributed by atoms with E-state index in [0.29, 0.717) is 34.1 Å². The van der Waals surface area contributed by atoms with E-state index in [-0.39, 0.29) is 11.6 Å². The zero-order valence-corrected chi connectivity index (χ0v) is 17.1. The van der Waals surface area contributed by atoms with Gasteiger partial charge >= 0.3 is 0 Å². The summed E-state index contributed by atoms with van der Waals surface area (Å²) in [7, 11) is 5.96. The highest BCUT2D eigenvalue weighted by molar-refractivity contribution is 6.08. The van der Waals surface area contributed by atoms with Crippen LogP contribution in [0.4, 0.5) is 0 Å². The van der Waals surface area contributed by atoms with E-state index in [2.05, 4.69) is 0 Å². The van der Waals surface area contributed by atoms with Crippen LogP contribution in [0, 0.1) is 11.8 Å². The minimum atomic E-state index is -0.618. The summed E-state index contributed by atoms with van der Waals surface area (Å²) in [4.78, 5) is 26.4. The third kappa shape index (κ3) is 3.96. The molecule has 0 aromatic heterocycles. The molecule has 2 aromatic rings. The normalized spacial score (nSPS) is 12.6. The van der Waals surface area contributed by atoms with E-state index >= 15 is 0 Å². The Morgan fingerprint density at radius 3 is 1.07 bits per heavy atom. The number of hydrogen-bond donors (Lipinski definition) is 0. The first-order chi connectivity index (χ1) is 13.4. The number of carbonyl (C=O) groups is 2. The van der Waals surface area contributed by atoms with Crippen molar-refractivity contribution in [1.29, 1.82) is 0 Å². The fourth-order valence-corrected chi connectivity index (χ4v) is 3.10. The Bertz CT molecular complexity index is 742. The first-order valence-corrected chi connectivity index (χ1v) is 8.91. The molecule has 6 heteroatoms. The second kappa shape index (κ2) is 9.26. The molecule has 0 aliphatic rings. The van der Waals surface area contributed by atoms with E-state index in [1.165, 1.54) is 28.4 Å². The van der Waals surface area contributed by atoms with Crippen LogP contribution < -0.4 is 18.9 Å². The molecule has 2 atom stereocenters. The molecule has 28 heavy (non-hydrogen) atoms. The number of rotatable bonds is 9. The van der Waals surface area contributed by atoms with Crippen LogP contribution in [-0.2, 0) is 0 Å². The van der Waals surface area contributed by atoms with Crippen molar-refractivity contribution in [2.24, 2.45) is 11.8 Å². The van der Waals surface area contributed by atoms with Crippen LogP contribution in [0.2, 0.25) is 0 Å². The largest absolute Gasteiger partial charge is 0.496 e. The highest BCUT2D eigenvalue weighted by atomic mass is 16.5. The molecule has 0 heterocycles. The molecule has 2 rings (SSSR count). The molecule has 0 fully saturated rings. The van der Waals surface area contributed by atoms with Crippen molar-refractivity contribution in [3.63, 3.8) is 0 Å². The van der Waals surface area contributed by atoms with Crippen molar-refractivity contribution >= 4 is 11.6 Å². The predicted octanol–water partition coefficient (Wildman–Crippen LogP) is 4.06. The Balaban J connectivity index is 2.42. The van der Waals surface area contributed by atoms with Gasteiger partial charge in [-0.15, -0.1) is 0 Å². The van der Waals surface area contributed by atoms with E-state index in [9.17, 15) is 9.59 Å². The zero-order valence-electron chi connectivity index (χ0n) is 17.1. The molecule has 6 nitrogen and oxygen atoms in total. The summed E-state index contributed by atoms with van der Waals surface area (Å²) in [5, 5.41) is 0. The van der Waals surface area contributed by atoms with Crippen LogP contribution in [0.5, 0.6) is 23.0 Å². The van der Waals surface area contributed by atoms with Crippen LogP contribution in [0.3, 0.4) is 0 Å². The first kappa shape index (κ1) is 21.3. The van der Waals surface area contributed by atoms with Gasteiger partial charge in [0.15, 0.2) is 11.6 Å². The smallest absolute Gasteiger partial charge is 0.173 e. The molecule has 150 valence electrons. The highest BCUT2D eigenvalue weighted by Crippen LogP contribution is 2.36. The maximum absolute atomic E-state index is 13.2. The maximum atomic E-state index is 13.2. The number of benzene rings is 2. The van der Waals surface area contributed by atoms with Gasteiger partial charge in [0.1, 0.15) is 34.1 Å². The number of Topliss-reactive ketones (excluding diaryl/α,β-unsaturated/α-hetero) is 2. The SMILES string of the molecule is COc1cccc(OC)c1C(=O)C(C)C(C)C(=O)c1c(OC)cccc1OC. The average molecular weight is 386 g/mol. The molecule has 2 aromatic carbocycles. The quantitative estimate of drug-likeness (QED) is 0.605. The lowest BCUT2D eigenvalue weighted by Crippen LogP contribution is -2.27. The van der Waals surface area contributed by atoms with E-state index in [1.54, 1.807) is 50.2 Å². The lowest BCUT2D eigenvalue weighted by molar-refractivity contribution is 0.0786. The predicted molar refractivity (Wildman–Crippen MR) is 106 cm³/mol. The van der Waals surface area contributed by atoms with Gasteiger partial charge in [-0.1, -0.05) is 26.0 Å². The Morgan fingerprint density at radius 1 is 0.607 bits per heavy atom. The molecule has 0 bridgehead atoms. The molecule has 0 saturated heterocycles. The summed E-state index contributed by atoms with van der Waals surface area (Å²) in [6.07, 6.45) is 0. The molecule has 0 radical (unpaired) electrons. The molecule has 0 spiro atoms. The van der Waals surface area contributed by atoms with Crippen LogP contribution >= 0.6 is 0 Å². The number of hydrogen-bond acceptors (Lipinski definition) is 6. The lowest BCUT2D eigenvalue weighted by Gasteiger charge is -2.22. The number of methoxy groups -OCH3 is 4. The lowest BCUT2D eigenvalue weighted by atomic mass is 9.82. The summed E-state index contributed by atoms with van der Waals surface area (Å²) >= 11 is 0. The van der Waals surface area contributed by atoms with E-state index in [1.807, 2.05) is 0 Å². The van der Waals surface area contributed by atoms with Crippen LogP contribution in [0.1, 0.15) is 34.6 Å². The van der Waals surface area contributed by atoms with Crippen LogP contribution in [0.15, 0.2) is 36.4 Å². The van der Waals surface area contributed by atoms with Crippen LogP contribution in [-0.4, -0.2) is 40.0 Å². The Morgan fingerprint density at radius 2 is 0.857 bits per heavy atom. The van der Waals surface area contributed by atoms with Crippen molar-refractivity contribution in [2.75, 3.05) is 28.4 Å². The van der Waals surface area contributed by atoms with Gasteiger partial charge in [-0.25, -0.2) is 0 Å². The molecule has 0 N–H and O–H groups in total. The van der Waals surface area contributed by atoms with E-state index in [4.69, 9.17) is 18.9 Å². The summed E-state index contributed by atoms with van der Waals surface area (Å²) in [6.45, 7) is 3.44. The maximum Gasteiger partial charge on any atom is 0.173 e. The number of carbonyl (C=O) groups excluding carboxylic acids is 2. The molecule has 0 amide bonds. The van der Waals surface area contributed by atoms with Gasteiger partial charge in [0, 0.05) is 11.8 Å². The van der Waals surface area contributed by atoms with E-state index in [0.717, 1.165) is 0 Å². The van der Waals surface area contributed by atoms with Crippen molar-refractivity contribution in [3.05, 3.63) is 47.5 Å². The van der Waals surface area contributed by atoms with E-state index < -0.39 is 11.8 Å². The molecule has 0 aliphatic heterocycles. The van der Waals surface area contributed by atoms with Gasteiger partial charge in [-0.05, 0) is 24.3 Å². The number of ketones is 2. The Kier molecular flexibility index (Phi) is 7.04. The van der Waals surface area contributed by atoms with Crippen molar-refractivity contribution in [3.8, 4) is 23.0 Å². The molecule has 0 aliphatic carbocycles. The van der Waals surface area contributed by atoms with Crippen molar-refractivity contribution < 1.29 is 28.5 Å². The standard InChI is InChI=1S/C22H26O6/c1-13(21(23)19-15(25-3)9-7-10-16(19)26-4)14(2)22(24)20-17(27-5)11-8-12-18(20)28-6/h7-14H,1-6H3. The third-order valence-electron chi connectivity index (χ3n) is 4.93. The third-order valence-corrected chi connectivity index (χ3v) is 4.93. The second-order valence-electron chi connectivity index (χ2n) is 6.38. The van der Waals surface area contributed by atoms with Gasteiger partial charge in [0.05, 0.1) is 28.4 Å². The highest BCUT2D eigenvalue weighted by Gasteiger charge is 2.33. The number of ether oxygens (including phenoxy) is 4. The first-order valence-electron chi connectivity index (χ1n) is 8.91. The fourth-order valence-electron chi connectivity index (χ4n) is 3.10. The fraction of sp³-hybridized carbons (Fsp3) is 0.364. The summed E-state index contributed by atoms with van der Waals surface area (Å²) in [5.74, 6) is -0.0689. The average Bonchev–Trinajstić information content (AvgIpc) is 2.75. The van der Waals surface area contributed by atoms with Gasteiger partial charge in [-0.3, -0.25) is 9.59 Å². The molecule has 2 unspecified atom stereocenters. The summed E-state index contributed by atoms with van der Waals surface area (Å²) in [6, 6.07) is 10.3.